The first-order valence-corrected chi connectivity index (χ1v) is 5.14. The molecule has 0 aromatic rings. The number of hydrogen-bond acceptors (Lipinski definition) is 4. The largest absolute Gasteiger partial charge is 0.481 e. The predicted octanol–water partition coefficient (Wildman–Crippen LogP) is -0.743. The van der Waals surface area contributed by atoms with Crippen molar-refractivity contribution in [2.75, 3.05) is 12.9 Å². The number of carboxylic acid groups (broad SMARTS) is 1. The standard InChI is InChI=1S/C6H12O5S/c1-6(4-7,3-5(8)9)12(2,10)11/h7H,3-4H2,1-2H3,(H,8,9). The van der Waals surface area contributed by atoms with Crippen LogP contribution in [0.2, 0.25) is 0 Å². The topological polar surface area (TPSA) is 91.7 Å². The Morgan fingerprint density at radius 1 is 1.50 bits per heavy atom. The number of hydrogen-bond donors (Lipinski definition) is 2. The van der Waals surface area contributed by atoms with Crippen molar-refractivity contribution in [1.29, 1.82) is 0 Å². The van der Waals surface area contributed by atoms with E-state index < -0.39 is 33.6 Å². The molecule has 2 N–H and O–H groups in total. The molecule has 0 aromatic heterocycles. The number of aliphatic carboxylic acids is 1. The highest BCUT2D eigenvalue weighted by molar-refractivity contribution is 7.92. The van der Waals surface area contributed by atoms with Gasteiger partial charge in [-0.15, -0.1) is 0 Å². The Kier molecular flexibility index (Phi) is 3.23. The van der Waals surface area contributed by atoms with E-state index in [-0.39, 0.29) is 0 Å². The van der Waals surface area contributed by atoms with Crippen molar-refractivity contribution >= 4 is 15.8 Å². The van der Waals surface area contributed by atoms with Crippen LogP contribution in [-0.4, -0.2) is 42.2 Å². The monoisotopic (exact) mass is 196 g/mol. The highest BCUT2D eigenvalue weighted by Gasteiger charge is 2.37. The molecule has 0 aromatic carbocycles. The molecular formula is C6H12O5S. The van der Waals surface area contributed by atoms with Crippen LogP contribution >= 0.6 is 0 Å². The van der Waals surface area contributed by atoms with E-state index in [1.807, 2.05) is 0 Å². The summed E-state index contributed by atoms with van der Waals surface area (Å²) in [5.74, 6) is -1.24. The number of rotatable bonds is 4. The molecule has 0 heterocycles. The Bertz CT molecular complexity index is 268. The minimum absolute atomic E-state index is 0.581. The summed E-state index contributed by atoms with van der Waals surface area (Å²) in [6.07, 6.45) is 0.328. The Morgan fingerprint density at radius 2 is 1.92 bits per heavy atom. The minimum Gasteiger partial charge on any atom is -0.481 e. The second-order valence-corrected chi connectivity index (χ2v) is 5.48. The van der Waals surface area contributed by atoms with Gasteiger partial charge in [-0.3, -0.25) is 4.79 Å². The maximum atomic E-state index is 11.0. The second-order valence-electron chi connectivity index (χ2n) is 2.95. The molecule has 12 heavy (non-hydrogen) atoms. The molecule has 0 aliphatic heterocycles. The van der Waals surface area contributed by atoms with Crippen LogP contribution in [0.5, 0.6) is 0 Å². The van der Waals surface area contributed by atoms with Crippen LogP contribution in [0.25, 0.3) is 0 Å². The Labute approximate surface area is 70.9 Å². The summed E-state index contributed by atoms with van der Waals surface area (Å²) >= 11 is 0. The molecule has 0 fully saturated rings. The summed E-state index contributed by atoms with van der Waals surface area (Å²) in [6.45, 7) is 0.522. The number of aliphatic hydroxyl groups is 1. The fourth-order valence-electron chi connectivity index (χ4n) is 0.624. The molecule has 0 rings (SSSR count). The maximum absolute atomic E-state index is 11.0. The SMILES string of the molecule is CC(CO)(CC(=O)O)S(C)(=O)=O. The van der Waals surface area contributed by atoms with Crippen molar-refractivity contribution in [3.05, 3.63) is 0 Å². The van der Waals surface area contributed by atoms with E-state index in [4.69, 9.17) is 10.2 Å². The van der Waals surface area contributed by atoms with Crippen molar-refractivity contribution < 1.29 is 23.4 Å². The smallest absolute Gasteiger partial charge is 0.305 e. The van der Waals surface area contributed by atoms with Crippen LogP contribution in [0.3, 0.4) is 0 Å². The third-order valence-corrected chi connectivity index (χ3v) is 3.82. The lowest BCUT2D eigenvalue weighted by Crippen LogP contribution is -2.40. The zero-order valence-corrected chi connectivity index (χ0v) is 7.76. The van der Waals surface area contributed by atoms with Gasteiger partial charge in [0.1, 0.15) is 4.75 Å². The molecule has 0 bridgehead atoms. The summed E-state index contributed by atoms with van der Waals surface area (Å²) in [5, 5.41) is 17.1. The molecule has 72 valence electrons. The zero-order valence-electron chi connectivity index (χ0n) is 6.94. The van der Waals surface area contributed by atoms with Crippen LogP contribution in [0, 0.1) is 0 Å². The second kappa shape index (κ2) is 3.40. The van der Waals surface area contributed by atoms with Crippen LogP contribution in [0.4, 0.5) is 0 Å². The molecule has 0 saturated carbocycles. The number of sulfone groups is 1. The summed E-state index contributed by atoms with van der Waals surface area (Å²) in [6, 6.07) is 0. The van der Waals surface area contributed by atoms with Gasteiger partial charge < -0.3 is 10.2 Å². The van der Waals surface area contributed by atoms with Crippen molar-refractivity contribution in [3.8, 4) is 0 Å². The van der Waals surface area contributed by atoms with Crippen molar-refractivity contribution in [2.45, 2.75) is 18.1 Å². The molecule has 1 unspecified atom stereocenters. The van der Waals surface area contributed by atoms with Crippen molar-refractivity contribution in [2.24, 2.45) is 0 Å². The van der Waals surface area contributed by atoms with Gasteiger partial charge in [0.2, 0.25) is 0 Å². The first kappa shape index (κ1) is 11.4. The fraction of sp³-hybridized carbons (Fsp3) is 0.833. The van der Waals surface area contributed by atoms with E-state index in [1.54, 1.807) is 0 Å². The van der Waals surface area contributed by atoms with Crippen LogP contribution in [-0.2, 0) is 14.6 Å². The zero-order chi connectivity index (χ0) is 9.99. The summed E-state index contributed by atoms with van der Waals surface area (Å²) in [4.78, 5) is 10.2. The molecule has 0 spiro atoms. The van der Waals surface area contributed by atoms with Crippen molar-refractivity contribution in [3.63, 3.8) is 0 Å². The first-order chi connectivity index (χ1) is 5.23. The lowest BCUT2D eigenvalue weighted by atomic mass is 10.1. The number of carboxylic acids is 1. The van der Waals surface area contributed by atoms with Gasteiger partial charge in [0.05, 0.1) is 13.0 Å². The molecule has 0 saturated heterocycles. The van der Waals surface area contributed by atoms with Gasteiger partial charge in [0.15, 0.2) is 9.84 Å². The fourth-order valence-corrected chi connectivity index (χ4v) is 1.24. The van der Waals surface area contributed by atoms with Crippen LogP contribution in [0.15, 0.2) is 0 Å². The lowest BCUT2D eigenvalue weighted by Gasteiger charge is -2.22. The first-order valence-electron chi connectivity index (χ1n) is 3.25. The Morgan fingerprint density at radius 3 is 2.00 bits per heavy atom. The van der Waals surface area contributed by atoms with E-state index in [2.05, 4.69) is 0 Å². The number of aliphatic hydroxyl groups excluding tert-OH is 1. The summed E-state index contributed by atoms with van der Waals surface area (Å²) in [7, 11) is -3.54. The van der Waals surface area contributed by atoms with Gasteiger partial charge in [0, 0.05) is 6.26 Å². The van der Waals surface area contributed by atoms with E-state index in [1.165, 1.54) is 6.92 Å². The van der Waals surface area contributed by atoms with E-state index >= 15 is 0 Å². The average molecular weight is 196 g/mol. The normalized spacial score (nSPS) is 16.9. The minimum atomic E-state index is -3.54. The predicted molar refractivity (Wildman–Crippen MR) is 42.6 cm³/mol. The van der Waals surface area contributed by atoms with Crippen molar-refractivity contribution in [1.82, 2.24) is 0 Å². The molecule has 5 nitrogen and oxygen atoms in total. The molecule has 0 aliphatic carbocycles. The van der Waals surface area contributed by atoms with E-state index in [0.717, 1.165) is 6.26 Å². The third kappa shape index (κ3) is 2.46. The Hall–Kier alpha value is -0.620. The van der Waals surface area contributed by atoms with Gasteiger partial charge in [-0.05, 0) is 6.92 Å². The molecule has 0 amide bonds. The Balaban J connectivity index is 4.82. The molecule has 1 atom stereocenters. The highest BCUT2D eigenvalue weighted by atomic mass is 32.2. The van der Waals surface area contributed by atoms with Gasteiger partial charge in [0.25, 0.3) is 0 Å². The van der Waals surface area contributed by atoms with Gasteiger partial charge >= 0.3 is 5.97 Å². The number of carbonyl (C=O) groups is 1. The molecule has 0 radical (unpaired) electrons. The lowest BCUT2D eigenvalue weighted by molar-refractivity contribution is -0.137. The average Bonchev–Trinajstić information content (AvgIpc) is 1.83. The van der Waals surface area contributed by atoms with Crippen LogP contribution < -0.4 is 0 Å². The highest BCUT2D eigenvalue weighted by Crippen LogP contribution is 2.19. The maximum Gasteiger partial charge on any atom is 0.305 e. The van der Waals surface area contributed by atoms with Gasteiger partial charge in [-0.2, -0.15) is 0 Å². The van der Waals surface area contributed by atoms with E-state index in [0.29, 0.717) is 0 Å². The molecule has 0 aliphatic rings. The molecule has 6 heteroatoms. The third-order valence-electron chi connectivity index (χ3n) is 1.75. The van der Waals surface area contributed by atoms with E-state index in [9.17, 15) is 13.2 Å². The van der Waals surface area contributed by atoms with Gasteiger partial charge in [-0.25, -0.2) is 8.42 Å². The quantitative estimate of drug-likeness (QED) is 0.617. The molecular weight excluding hydrogens is 184 g/mol. The summed E-state index contributed by atoms with van der Waals surface area (Å²) < 4.78 is 20.4. The summed E-state index contributed by atoms with van der Waals surface area (Å²) in [5.41, 5.74) is 0. The van der Waals surface area contributed by atoms with Crippen LogP contribution in [0.1, 0.15) is 13.3 Å². The van der Waals surface area contributed by atoms with Gasteiger partial charge in [-0.1, -0.05) is 0 Å².